The topological polar surface area (TPSA) is 46.3 Å². The van der Waals surface area contributed by atoms with E-state index in [-0.39, 0.29) is 17.4 Å². The van der Waals surface area contributed by atoms with Gasteiger partial charge in [0.15, 0.2) is 0 Å². The number of hydrogen-bond donors (Lipinski definition) is 1. The van der Waals surface area contributed by atoms with Gasteiger partial charge in [-0.3, -0.25) is 4.79 Å². The van der Waals surface area contributed by atoms with E-state index < -0.39 is 0 Å². The fourth-order valence-corrected chi connectivity index (χ4v) is 1.97. The largest absolute Gasteiger partial charge is 0.342 e. The number of nitrogens with two attached hydrogens (primary N) is 1. The summed E-state index contributed by atoms with van der Waals surface area (Å²) in [6.45, 7) is 9.47. The van der Waals surface area contributed by atoms with Crippen LogP contribution in [-0.2, 0) is 4.79 Å². The molecule has 1 heterocycles. The number of carbonyl (C=O) groups excluding carboxylic acids is 1. The van der Waals surface area contributed by atoms with Crippen molar-refractivity contribution in [2.75, 3.05) is 13.1 Å². The monoisotopic (exact) mass is 210 g/mol. The number of rotatable bonds is 3. The lowest BCUT2D eigenvalue weighted by Gasteiger charge is -2.42. The van der Waals surface area contributed by atoms with Gasteiger partial charge < -0.3 is 10.6 Å². The average molecular weight is 210 g/mol. The Balaban J connectivity index is 2.51. The summed E-state index contributed by atoms with van der Waals surface area (Å²) >= 11 is 0. The maximum atomic E-state index is 11.8. The molecular formula is C12H22N2O. The van der Waals surface area contributed by atoms with Crippen molar-refractivity contribution in [2.45, 2.75) is 39.2 Å². The van der Waals surface area contributed by atoms with Gasteiger partial charge in [-0.2, -0.15) is 0 Å². The van der Waals surface area contributed by atoms with Crippen LogP contribution in [0, 0.1) is 5.41 Å². The molecule has 0 aromatic carbocycles. The van der Waals surface area contributed by atoms with Gasteiger partial charge in [0.05, 0.1) is 0 Å². The molecule has 1 saturated heterocycles. The van der Waals surface area contributed by atoms with Gasteiger partial charge in [-0.25, -0.2) is 0 Å². The summed E-state index contributed by atoms with van der Waals surface area (Å²) in [5.74, 6) is 0.231. The molecule has 1 atom stereocenters. The Kier molecular flexibility index (Phi) is 3.91. The Hall–Kier alpha value is -0.830. The highest BCUT2D eigenvalue weighted by Crippen LogP contribution is 2.27. The molecule has 1 fully saturated rings. The molecule has 86 valence electrons. The molecule has 0 saturated carbocycles. The molecular weight excluding hydrogens is 188 g/mol. The lowest BCUT2D eigenvalue weighted by Crippen LogP contribution is -2.53. The molecule has 0 radical (unpaired) electrons. The molecule has 0 aliphatic carbocycles. The fourth-order valence-electron chi connectivity index (χ4n) is 1.97. The standard InChI is InChI=1S/C12H22N2O/c1-4-5-6-11(15)14-8-7-10(13)12(2,3)9-14/h4,10H,1,5-9,13H2,2-3H3. The number of likely N-dealkylation sites (tertiary alicyclic amines) is 1. The fraction of sp³-hybridized carbons (Fsp3) is 0.750. The van der Waals surface area contributed by atoms with E-state index in [2.05, 4.69) is 20.4 Å². The lowest BCUT2D eigenvalue weighted by molar-refractivity contribution is -0.134. The van der Waals surface area contributed by atoms with Crippen LogP contribution in [0.15, 0.2) is 12.7 Å². The van der Waals surface area contributed by atoms with Crippen molar-refractivity contribution in [2.24, 2.45) is 11.1 Å². The van der Waals surface area contributed by atoms with Crippen molar-refractivity contribution in [1.29, 1.82) is 0 Å². The molecule has 0 spiro atoms. The van der Waals surface area contributed by atoms with Gasteiger partial charge in [0.25, 0.3) is 0 Å². The summed E-state index contributed by atoms with van der Waals surface area (Å²) < 4.78 is 0. The van der Waals surface area contributed by atoms with E-state index in [4.69, 9.17) is 5.73 Å². The van der Waals surface area contributed by atoms with Crippen molar-refractivity contribution in [3.63, 3.8) is 0 Å². The Morgan fingerprint density at radius 1 is 1.67 bits per heavy atom. The van der Waals surface area contributed by atoms with Crippen LogP contribution >= 0.6 is 0 Å². The van der Waals surface area contributed by atoms with Crippen LogP contribution in [0.5, 0.6) is 0 Å². The zero-order valence-electron chi connectivity index (χ0n) is 9.83. The van der Waals surface area contributed by atoms with E-state index in [1.165, 1.54) is 0 Å². The van der Waals surface area contributed by atoms with E-state index in [1.807, 2.05) is 4.90 Å². The van der Waals surface area contributed by atoms with E-state index in [9.17, 15) is 4.79 Å². The zero-order valence-corrected chi connectivity index (χ0v) is 9.83. The van der Waals surface area contributed by atoms with Crippen molar-refractivity contribution in [3.8, 4) is 0 Å². The Morgan fingerprint density at radius 2 is 2.33 bits per heavy atom. The zero-order chi connectivity index (χ0) is 11.5. The highest BCUT2D eigenvalue weighted by molar-refractivity contribution is 5.76. The smallest absolute Gasteiger partial charge is 0.222 e. The van der Waals surface area contributed by atoms with E-state index in [0.29, 0.717) is 6.42 Å². The number of carbonyl (C=O) groups is 1. The highest BCUT2D eigenvalue weighted by atomic mass is 16.2. The van der Waals surface area contributed by atoms with Gasteiger partial charge in [0.2, 0.25) is 5.91 Å². The average Bonchev–Trinajstić information content (AvgIpc) is 2.18. The SMILES string of the molecule is C=CCCC(=O)N1CCC(N)C(C)(C)C1. The predicted molar refractivity (Wildman–Crippen MR) is 62.4 cm³/mol. The van der Waals surface area contributed by atoms with Crippen LogP contribution in [0.4, 0.5) is 0 Å². The first-order chi connectivity index (χ1) is 6.97. The number of piperidine rings is 1. The summed E-state index contributed by atoms with van der Waals surface area (Å²) in [4.78, 5) is 13.7. The van der Waals surface area contributed by atoms with Crippen LogP contribution in [-0.4, -0.2) is 29.9 Å². The molecule has 1 amide bonds. The lowest BCUT2D eigenvalue weighted by atomic mass is 9.79. The van der Waals surface area contributed by atoms with Crippen LogP contribution < -0.4 is 5.73 Å². The maximum absolute atomic E-state index is 11.8. The normalized spacial score (nSPS) is 25.0. The summed E-state index contributed by atoms with van der Waals surface area (Å²) in [6, 6.07) is 0.209. The molecule has 15 heavy (non-hydrogen) atoms. The van der Waals surface area contributed by atoms with Crippen LogP contribution in [0.25, 0.3) is 0 Å². The van der Waals surface area contributed by atoms with Crippen molar-refractivity contribution in [1.82, 2.24) is 4.90 Å². The first-order valence-electron chi connectivity index (χ1n) is 5.61. The van der Waals surface area contributed by atoms with Gasteiger partial charge in [0.1, 0.15) is 0 Å². The maximum Gasteiger partial charge on any atom is 0.222 e. The minimum absolute atomic E-state index is 0.0437. The van der Waals surface area contributed by atoms with Gasteiger partial charge in [-0.05, 0) is 18.3 Å². The second kappa shape index (κ2) is 4.79. The van der Waals surface area contributed by atoms with Crippen LogP contribution in [0.1, 0.15) is 33.1 Å². The summed E-state index contributed by atoms with van der Waals surface area (Å²) in [5.41, 5.74) is 6.06. The molecule has 0 aromatic heterocycles. The third-order valence-corrected chi connectivity index (χ3v) is 3.23. The summed E-state index contributed by atoms with van der Waals surface area (Å²) in [7, 11) is 0. The second-order valence-corrected chi connectivity index (χ2v) is 5.03. The molecule has 1 rings (SSSR count). The van der Waals surface area contributed by atoms with Crippen molar-refractivity contribution < 1.29 is 4.79 Å². The van der Waals surface area contributed by atoms with Crippen LogP contribution in [0.2, 0.25) is 0 Å². The Morgan fingerprint density at radius 3 is 2.87 bits per heavy atom. The number of nitrogens with zero attached hydrogens (tertiary/aromatic N) is 1. The molecule has 0 aromatic rings. The third kappa shape index (κ3) is 3.06. The van der Waals surface area contributed by atoms with Gasteiger partial charge >= 0.3 is 0 Å². The summed E-state index contributed by atoms with van der Waals surface area (Å²) in [6.07, 6.45) is 4.04. The van der Waals surface area contributed by atoms with Gasteiger partial charge in [0, 0.05) is 25.6 Å². The van der Waals surface area contributed by atoms with Gasteiger partial charge in [-0.15, -0.1) is 6.58 Å². The molecule has 1 aliphatic rings. The van der Waals surface area contributed by atoms with Crippen LogP contribution in [0.3, 0.4) is 0 Å². The third-order valence-electron chi connectivity index (χ3n) is 3.23. The molecule has 1 unspecified atom stereocenters. The van der Waals surface area contributed by atoms with E-state index in [1.54, 1.807) is 6.08 Å². The van der Waals surface area contributed by atoms with Gasteiger partial charge in [-0.1, -0.05) is 19.9 Å². The first-order valence-corrected chi connectivity index (χ1v) is 5.61. The highest BCUT2D eigenvalue weighted by Gasteiger charge is 2.34. The minimum atomic E-state index is 0.0437. The first kappa shape index (κ1) is 12.2. The quantitative estimate of drug-likeness (QED) is 0.718. The molecule has 1 aliphatic heterocycles. The molecule has 2 N–H and O–H groups in total. The summed E-state index contributed by atoms with van der Waals surface area (Å²) in [5, 5.41) is 0. The number of hydrogen-bond acceptors (Lipinski definition) is 2. The molecule has 3 nitrogen and oxygen atoms in total. The Bertz CT molecular complexity index is 248. The molecule has 3 heteroatoms. The van der Waals surface area contributed by atoms with E-state index in [0.717, 1.165) is 25.9 Å². The van der Waals surface area contributed by atoms with Crippen molar-refractivity contribution in [3.05, 3.63) is 12.7 Å². The minimum Gasteiger partial charge on any atom is -0.342 e. The molecule has 0 bridgehead atoms. The van der Waals surface area contributed by atoms with E-state index >= 15 is 0 Å². The predicted octanol–water partition coefficient (Wildman–Crippen LogP) is 1.54. The Labute approximate surface area is 92.3 Å². The van der Waals surface area contributed by atoms with Crippen molar-refractivity contribution >= 4 is 5.91 Å². The number of amides is 1. The second-order valence-electron chi connectivity index (χ2n) is 5.03. The number of allylic oxidation sites excluding steroid dienone is 1.